The number of aliphatic hydroxyl groups is 2. The molecule has 0 spiro atoms. The number of ether oxygens (including phenoxy) is 3. The third-order valence-corrected chi connectivity index (χ3v) is 4.53. The molecule has 1 aliphatic rings. The van der Waals surface area contributed by atoms with Gasteiger partial charge in [0, 0.05) is 32.8 Å². The van der Waals surface area contributed by atoms with Gasteiger partial charge in [0.2, 0.25) is 5.82 Å². The summed E-state index contributed by atoms with van der Waals surface area (Å²) in [7, 11) is 0. The minimum Gasteiger partial charge on any atom is -0.472 e. The van der Waals surface area contributed by atoms with Crippen LogP contribution in [0.4, 0.5) is 5.82 Å². The van der Waals surface area contributed by atoms with Crippen LogP contribution in [0.15, 0.2) is 0 Å². The molecule has 1 atom stereocenters. The number of nitrogens with zero attached hydrogens (tertiary/aromatic N) is 3. The summed E-state index contributed by atoms with van der Waals surface area (Å²) in [5.41, 5.74) is -0.342. The Morgan fingerprint density at radius 2 is 2.12 bits per heavy atom. The maximum atomic E-state index is 10.1. The van der Waals surface area contributed by atoms with E-state index in [9.17, 15) is 5.11 Å². The van der Waals surface area contributed by atoms with Crippen molar-refractivity contribution in [1.29, 1.82) is 0 Å². The molecule has 1 aromatic rings. The lowest BCUT2D eigenvalue weighted by molar-refractivity contribution is -0.0314. The highest BCUT2D eigenvalue weighted by Crippen LogP contribution is 2.26. The van der Waals surface area contributed by atoms with E-state index in [0.29, 0.717) is 45.2 Å². The predicted molar refractivity (Wildman–Crippen MR) is 99.0 cm³/mol. The molecule has 1 aromatic heterocycles. The van der Waals surface area contributed by atoms with Crippen molar-refractivity contribution in [3.63, 3.8) is 0 Å². The summed E-state index contributed by atoms with van der Waals surface area (Å²) in [5, 5.41) is 22.1. The van der Waals surface area contributed by atoms with Crippen LogP contribution in [-0.2, 0) is 9.47 Å². The summed E-state index contributed by atoms with van der Waals surface area (Å²) in [6.07, 6.45) is -0.0592. The van der Waals surface area contributed by atoms with Gasteiger partial charge in [-0.25, -0.2) is 0 Å². The Morgan fingerprint density at radius 3 is 2.85 bits per heavy atom. The first kappa shape index (κ1) is 21.3. The zero-order valence-corrected chi connectivity index (χ0v) is 16.3. The molecule has 0 radical (unpaired) electrons. The van der Waals surface area contributed by atoms with Crippen molar-refractivity contribution in [1.82, 2.24) is 14.1 Å². The third-order valence-electron chi connectivity index (χ3n) is 4.03. The van der Waals surface area contributed by atoms with Gasteiger partial charge in [-0.2, -0.15) is 4.37 Å². The van der Waals surface area contributed by atoms with E-state index >= 15 is 0 Å². The molecule has 1 fully saturated rings. The molecule has 3 N–H and O–H groups in total. The van der Waals surface area contributed by atoms with Crippen LogP contribution in [0.2, 0.25) is 0 Å². The molecule has 150 valence electrons. The minimum atomic E-state index is -0.653. The van der Waals surface area contributed by atoms with Crippen LogP contribution in [0, 0.1) is 0 Å². The van der Waals surface area contributed by atoms with Crippen molar-refractivity contribution in [2.24, 2.45) is 0 Å². The number of morpholine rings is 1. The van der Waals surface area contributed by atoms with E-state index in [1.807, 2.05) is 13.8 Å². The first-order chi connectivity index (χ1) is 12.5. The van der Waals surface area contributed by atoms with Crippen molar-refractivity contribution >= 4 is 17.5 Å². The van der Waals surface area contributed by atoms with Gasteiger partial charge in [0.05, 0.1) is 37.1 Å². The van der Waals surface area contributed by atoms with Crippen molar-refractivity contribution in [3.8, 4) is 5.88 Å². The summed E-state index contributed by atoms with van der Waals surface area (Å²) in [6, 6.07) is 0. The maximum Gasteiger partial charge on any atom is 0.270 e. The van der Waals surface area contributed by atoms with Crippen LogP contribution in [0.3, 0.4) is 0 Å². The Morgan fingerprint density at radius 1 is 1.35 bits per heavy atom. The smallest absolute Gasteiger partial charge is 0.270 e. The van der Waals surface area contributed by atoms with E-state index < -0.39 is 6.10 Å². The van der Waals surface area contributed by atoms with Gasteiger partial charge < -0.3 is 34.6 Å². The van der Waals surface area contributed by atoms with Gasteiger partial charge in [-0.15, -0.1) is 4.37 Å². The molecule has 10 heteroatoms. The molecular weight excluding hydrogens is 360 g/mol. The number of rotatable bonds is 12. The second-order valence-corrected chi connectivity index (χ2v) is 7.27. The highest BCUT2D eigenvalue weighted by molar-refractivity contribution is 6.99. The third kappa shape index (κ3) is 7.29. The Hall–Kier alpha value is -1.04. The molecule has 1 saturated heterocycles. The first-order valence-electron chi connectivity index (χ1n) is 8.93. The number of anilines is 1. The Kier molecular flexibility index (Phi) is 8.96. The summed E-state index contributed by atoms with van der Waals surface area (Å²) >= 11 is 1.10. The van der Waals surface area contributed by atoms with Gasteiger partial charge in [0.15, 0.2) is 0 Å². The van der Waals surface area contributed by atoms with Gasteiger partial charge in [-0.1, -0.05) is 0 Å². The van der Waals surface area contributed by atoms with Gasteiger partial charge in [0.25, 0.3) is 5.88 Å². The summed E-state index contributed by atoms with van der Waals surface area (Å²) < 4.78 is 25.1. The predicted octanol–water partition coefficient (Wildman–Crippen LogP) is -0.118. The van der Waals surface area contributed by atoms with Crippen LogP contribution in [0.1, 0.15) is 20.3 Å². The summed E-state index contributed by atoms with van der Waals surface area (Å²) in [6.45, 7) is 8.52. The molecule has 2 heterocycles. The molecule has 0 aliphatic carbocycles. The Balaban J connectivity index is 1.62. The summed E-state index contributed by atoms with van der Waals surface area (Å²) in [4.78, 5) is 2.08. The van der Waals surface area contributed by atoms with Crippen molar-refractivity contribution in [2.45, 2.75) is 32.0 Å². The Labute approximate surface area is 158 Å². The SMILES string of the molecule is CC(C)(CCO)OCCNCC(O)COc1nsnc1N1CCOCC1. The maximum absolute atomic E-state index is 10.1. The van der Waals surface area contributed by atoms with Crippen molar-refractivity contribution in [3.05, 3.63) is 0 Å². The number of aliphatic hydroxyl groups excluding tert-OH is 2. The van der Waals surface area contributed by atoms with E-state index in [4.69, 9.17) is 19.3 Å². The first-order valence-corrected chi connectivity index (χ1v) is 9.66. The van der Waals surface area contributed by atoms with Crippen LogP contribution in [-0.4, -0.2) is 89.9 Å². The zero-order chi connectivity index (χ0) is 18.8. The number of hydrogen-bond donors (Lipinski definition) is 3. The average Bonchev–Trinajstić information content (AvgIpc) is 3.09. The molecular formula is C16H30N4O5S. The zero-order valence-electron chi connectivity index (χ0n) is 15.5. The molecule has 0 aromatic carbocycles. The van der Waals surface area contributed by atoms with E-state index in [1.165, 1.54) is 0 Å². The van der Waals surface area contributed by atoms with E-state index in [2.05, 4.69) is 19.0 Å². The van der Waals surface area contributed by atoms with Crippen LogP contribution in [0.5, 0.6) is 5.88 Å². The highest BCUT2D eigenvalue weighted by atomic mass is 32.1. The minimum absolute atomic E-state index is 0.106. The number of hydrogen-bond acceptors (Lipinski definition) is 10. The lowest BCUT2D eigenvalue weighted by atomic mass is 10.1. The fourth-order valence-corrected chi connectivity index (χ4v) is 3.00. The van der Waals surface area contributed by atoms with Crippen LogP contribution < -0.4 is 15.0 Å². The lowest BCUT2D eigenvalue weighted by Crippen LogP contribution is -2.37. The molecule has 2 rings (SSSR count). The van der Waals surface area contributed by atoms with E-state index in [0.717, 1.165) is 30.6 Å². The molecule has 1 unspecified atom stereocenters. The normalized spacial score (nSPS) is 16.7. The topological polar surface area (TPSA) is 109 Å². The standard InChI is InChI=1S/C16H30N4O5S/c1-16(2,3-7-21)25-8-4-17-11-13(22)12-24-15-14(18-26-19-15)20-5-9-23-10-6-20/h13,17,21-22H,3-12H2,1-2H3. The molecule has 1 aliphatic heterocycles. The quantitative estimate of drug-likeness (QED) is 0.421. The average molecular weight is 391 g/mol. The van der Waals surface area contributed by atoms with E-state index in [1.54, 1.807) is 0 Å². The Bertz CT molecular complexity index is 511. The van der Waals surface area contributed by atoms with Crippen LogP contribution in [0.25, 0.3) is 0 Å². The van der Waals surface area contributed by atoms with Crippen molar-refractivity contribution in [2.75, 3.05) is 64.1 Å². The largest absolute Gasteiger partial charge is 0.472 e. The molecule has 0 saturated carbocycles. The lowest BCUT2D eigenvalue weighted by Gasteiger charge is -2.27. The number of aromatic nitrogens is 2. The summed E-state index contributed by atoms with van der Waals surface area (Å²) in [5.74, 6) is 1.18. The van der Waals surface area contributed by atoms with Crippen molar-refractivity contribution < 1.29 is 24.4 Å². The number of nitrogens with one attached hydrogen (secondary N) is 1. The fraction of sp³-hybridized carbons (Fsp3) is 0.875. The molecule has 9 nitrogen and oxygen atoms in total. The molecule has 0 amide bonds. The van der Waals surface area contributed by atoms with Gasteiger partial charge >= 0.3 is 0 Å². The van der Waals surface area contributed by atoms with Crippen LogP contribution >= 0.6 is 11.7 Å². The molecule has 26 heavy (non-hydrogen) atoms. The molecule has 0 bridgehead atoms. The van der Waals surface area contributed by atoms with Gasteiger partial charge in [0.1, 0.15) is 12.7 Å². The van der Waals surface area contributed by atoms with Gasteiger partial charge in [-0.05, 0) is 20.3 Å². The fourth-order valence-electron chi connectivity index (χ4n) is 2.48. The second kappa shape index (κ2) is 11.0. The second-order valence-electron chi connectivity index (χ2n) is 6.74. The monoisotopic (exact) mass is 390 g/mol. The highest BCUT2D eigenvalue weighted by Gasteiger charge is 2.20. The van der Waals surface area contributed by atoms with Gasteiger partial charge in [-0.3, -0.25) is 0 Å². The van der Waals surface area contributed by atoms with E-state index in [-0.39, 0.29) is 18.8 Å².